The molecule has 0 amide bonds. The lowest BCUT2D eigenvalue weighted by atomic mass is 10.00. The Bertz CT molecular complexity index is 545. The second kappa shape index (κ2) is 9.81. The minimum absolute atomic E-state index is 0.246. The maximum absolute atomic E-state index is 10.7. The van der Waals surface area contributed by atoms with Crippen LogP contribution in [0.2, 0.25) is 0 Å². The van der Waals surface area contributed by atoms with E-state index in [0.29, 0.717) is 12.3 Å². The highest BCUT2D eigenvalue weighted by molar-refractivity contribution is 5.85. The number of hydrogen-bond donors (Lipinski definition) is 5. The molecule has 1 unspecified atom stereocenters. The van der Waals surface area contributed by atoms with Gasteiger partial charge in [-0.05, 0) is 24.5 Å². The van der Waals surface area contributed by atoms with Gasteiger partial charge in [0, 0.05) is 19.5 Å². The number of aryl methyl sites for hydroxylation is 1. The van der Waals surface area contributed by atoms with E-state index in [-0.39, 0.29) is 6.42 Å². The number of hydrazone groups is 1. The lowest BCUT2D eigenvalue weighted by Gasteiger charge is -2.11. The summed E-state index contributed by atoms with van der Waals surface area (Å²) in [7, 11) is 0. The largest absolute Gasteiger partial charge is 0.481 e. The van der Waals surface area contributed by atoms with E-state index in [4.69, 9.17) is 16.8 Å². The van der Waals surface area contributed by atoms with Gasteiger partial charge in [0.25, 0.3) is 0 Å². The number of benzene rings is 1. The number of amidine groups is 1. The van der Waals surface area contributed by atoms with Crippen LogP contribution in [-0.4, -0.2) is 16.9 Å². The maximum Gasteiger partial charge on any atom is 0.306 e. The number of fused-ring (bicyclic) bond motifs is 1. The minimum atomic E-state index is -0.849. The number of nitrogens with one attached hydrogen (secondary N) is 2. The highest BCUT2D eigenvalue weighted by Gasteiger charge is 2.18. The van der Waals surface area contributed by atoms with E-state index in [2.05, 4.69) is 41.0 Å². The van der Waals surface area contributed by atoms with Crippen molar-refractivity contribution in [2.24, 2.45) is 22.7 Å². The zero-order valence-electron chi connectivity index (χ0n) is 13.8. The molecule has 7 nitrogen and oxygen atoms in total. The molecular weight excluding hydrogens is 294 g/mol. The van der Waals surface area contributed by atoms with Crippen LogP contribution in [0.15, 0.2) is 23.3 Å². The molecule has 0 fully saturated rings. The Balaban J connectivity index is 0.000000235. The first-order valence-corrected chi connectivity index (χ1v) is 7.77. The summed E-state index contributed by atoms with van der Waals surface area (Å²) in [6, 6.07) is 6.64. The molecule has 0 radical (unpaired) electrons. The van der Waals surface area contributed by atoms with Crippen LogP contribution in [-0.2, 0) is 17.9 Å². The molecule has 1 aliphatic rings. The molecule has 0 aromatic heterocycles. The van der Waals surface area contributed by atoms with Gasteiger partial charge in [0.15, 0.2) is 0 Å². The number of carboxylic acid groups (broad SMARTS) is 1. The van der Waals surface area contributed by atoms with Crippen molar-refractivity contribution in [3.05, 3.63) is 34.9 Å². The summed E-state index contributed by atoms with van der Waals surface area (Å²) in [5.74, 6) is 9.04. The number of nitrogens with zero attached hydrogens (tertiary/aromatic N) is 1. The van der Waals surface area contributed by atoms with Crippen LogP contribution in [0.1, 0.15) is 42.9 Å². The van der Waals surface area contributed by atoms with E-state index >= 15 is 0 Å². The summed E-state index contributed by atoms with van der Waals surface area (Å²) < 4.78 is 0. The maximum atomic E-state index is 10.7. The topological polar surface area (TPSA) is 126 Å². The van der Waals surface area contributed by atoms with Gasteiger partial charge in [-0.3, -0.25) is 4.79 Å². The Kier molecular flexibility index (Phi) is 8.07. The fourth-order valence-corrected chi connectivity index (χ4v) is 2.47. The highest BCUT2D eigenvalue weighted by Crippen LogP contribution is 2.16. The number of aliphatic carboxylic acids is 1. The van der Waals surface area contributed by atoms with Crippen molar-refractivity contribution in [1.82, 2.24) is 10.7 Å². The summed E-state index contributed by atoms with van der Waals surface area (Å²) in [4.78, 5) is 10.7. The first-order chi connectivity index (χ1) is 11.0. The third-order valence-corrected chi connectivity index (χ3v) is 3.74. The molecule has 1 aromatic carbocycles. The van der Waals surface area contributed by atoms with Crippen LogP contribution in [0.3, 0.4) is 0 Å². The summed E-state index contributed by atoms with van der Waals surface area (Å²) >= 11 is 0. The monoisotopic (exact) mass is 321 g/mol. The average molecular weight is 321 g/mol. The van der Waals surface area contributed by atoms with Crippen LogP contribution in [0.25, 0.3) is 0 Å². The summed E-state index contributed by atoms with van der Waals surface area (Å²) in [6.07, 6.45) is 1.64. The molecule has 1 heterocycles. The van der Waals surface area contributed by atoms with Gasteiger partial charge in [-0.25, -0.2) is 5.84 Å². The molecule has 7 N–H and O–H groups in total. The predicted octanol–water partition coefficient (Wildman–Crippen LogP) is 1.21. The van der Waals surface area contributed by atoms with Gasteiger partial charge in [0.2, 0.25) is 0 Å². The van der Waals surface area contributed by atoms with E-state index in [1.165, 1.54) is 16.7 Å². The van der Waals surface area contributed by atoms with Crippen molar-refractivity contribution in [2.45, 2.75) is 46.2 Å². The van der Waals surface area contributed by atoms with Crippen LogP contribution in [0, 0.1) is 12.8 Å². The molecule has 128 valence electrons. The van der Waals surface area contributed by atoms with Crippen LogP contribution >= 0.6 is 0 Å². The van der Waals surface area contributed by atoms with Gasteiger partial charge < -0.3 is 21.7 Å². The summed E-state index contributed by atoms with van der Waals surface area (Å²) in [5.41, 5.74) is 6.56. The SMILES string of the molecule is CCCC(C/C(=N/N)NN)C(=O)O.Cc1ccc2c(c1)CNC2. The Hall–Kier alpha value is -2.12. The van der Waals surface area contributed by atoms with E-state index in [0.717, 1.165) is 19.5 Å². The fraction of sp³-hybridized carbons (Fsp3) is 0.500. The normalized spacial score (nSPS) is 14.5. The number of nitrogens with two attached hydrogens (primary N) is 2. The fourth-order valence-electron chi connectivity index (χ4n) is 2.47. The molecule has 23 heavy (non-hydrogen) atoms. The molecule has 0 saturated carbocycles. The van der Waals surface area contributed by atoms with Gasteiger partial charge in [0.1, 0.15) is 5.84 Å². The first-order valence-electron chi connectivity index (χ1n) is 7.77. The van der Waals surface area contributed by atoms with E-state index in [9.17, 15) is 4.79 Å². The lowest BCUT2D eigenvalue weighted by Crippen LogP contribution is -2.34. The zero-order chi connectivity index (χ0) is 17.2. The molecule has 2 rings (SSSR count). The molecule has 1 aliphatic heterocycles. The van der Waals surface area contributed by atoms with Gasteiger partial charge in [-0.1, -0.05) is 37.1 Å². The van der Waals surface area contributed by atoms with Crippen LogP contribution in [0.4, 0.5) is 0 Å². The standard InChI is InChI=1S/C9H11N.C7H16N4O2/c1-7-2-3-8-5-10-6-9(8)4-7;1-2-3-5(7(12)13)4-6(10-8)11-9/h2-4,10H,5-6H2,1H3;5H,2-4,8-9H2,1H3,(H,10,11)(H,12,13). The van der Waals surface area contributed by atoms with E-state index in [1.807, 2.05) is 6.92 Å². The molecular formula is C16H27N5O2. The van der Waals surface area contributed by atoms with Crippen LogP contribution < -0.4 is 22.4 Å². The van der Waals surface area contributed by atoms with Crippen molar-refractivity contribution < 1.29 is 9.90 Å². The average Bonchev–Trinajstić information content (AvgIpc) is 2.99. The predicted molar refractivity (Wildman–Crippen MR) is 91.3 cm³/mol. The van der Waals surface area contributed by atoms with Crippen molar-refractivity contribution in [1.29, 1.82) is 0 Å². The smallest absolute Gasteiger partial charge is 0.306 e. The first kappa shape index (κ1) is 18.9. The number of carbonyl (C=O) groups is 1. The van der Waals surface area contributed by atoms with Gasteiger partial charge in [0.05, 0.1) is 5.92 Å². The molecule has 1 atom stereocenters. The van der Waals surface area contributed by atoms with Crippen molar-refractivity contribution in [2.75, 3.05) is 0 Å². The third kappa shape index (κ3) is 6.25. The van der Waals surface area contributed by atoms with Crippen LogP contribution in [0.5, 0.6) is 0 Å². The highest BCUT2D eigenvalue weighted by atomic mass is 16.4. The number of rotatable bonds is 5. The zero-order valence-corrected chi connectivity index (χ0v) is 13.8. The Morgan fingerprint density at radius 1 is 1.43 bits per heavy atom. The molecule has 1 aromatic rings. The molecule has 0 aliphatic carbocycles. The third-order valence-electron chi connectivity index (χ3n) is 3.74. The Morgan fingerprint density at radius 3 is 2.70 bits per heavy atom. The summed E-state index contributed by atoms with van der Waals surface area (Å²) in [6.45, 7) is 6.16. The lowest BCUT2D eigenvalue weighted by molar-refractivity contribution is -0.141. The van der Waals surface area contributed by atoms with Crippen molar-refractivity contribution in [3.63, 3.8) is 0 Å². The number of hydrogen-bond acceptors (Lipinski definition) is 5. The van der Waals surface area contributed by atoms with E-state index < -0.39 is 11.9 Å². The van der Waals surface area contributed by atoms with Gasteiger partial charge in [-0.2, -0.15) is 5.10 Å². The van der Waals surface area contributed by atoms with Gasteiger partial charge >= 0.3 is 5.97 Å². The molecule has 0 spiro atoms. The van der Waals surface area contributed by atoms with Crippen molar-refractivity contribution >= 4 is 11.8 Å². The quantitative estimate of drug-likeness (QED) is 0.240. The van der Waals surface area contributed by atoms with Crippen molar-refractivity contribution in [3.8, 4) is 0 Å². The Morgan fingerprint density at radius 2 is 2.13 bits per heavy atom. The summed E-state index contributed by atoms with van der Waals surface area (Å²) in [5, 5.41) is 15.4. The van der Waals surface area contributed by atoms with Gasteiger partial charge in [-0.15, -0.1) is 0 Å². The second-order valence-electron chi connectivity index (χ2n) is 5.62. The second-order valence-corrected chi connectivity index (χ2v) is 5.62. The minimum Gasteiger partial charge on any atom is -0.481 e. The molecule has 0 saturated heterocycles. The van der Waals surface area contributed by atoms with E-state index in [1.54, 1.807) is 0 Å². The number of carboxylic acids is 1. The Labute approximate surface area is 137 Å². The molecule has 0 bridgehead atoms. The number of hydrazine groups is 1. The molecule has 7 heteroatoms.